The van der Waals surface area contributed by atoms with Gasteiger partial charge in [0.2, 0.25) is 0 Å². The molecule has 0 radical (unpaired) electrons. The molecule has 1 rings (SSSR count). The zero-order valence-corrected chi connectivity index (χ0v) is 11.7. The van der Waals surface area contributed by atoms with Gasteiger partial charge in [0, 0.05) is 13.0 Å². The summed E-state index contributed by atoms with van der Waals surface area (Å²) in [4.78, 5) is 15.2. The molecular formula is C11H18N2O4S. The summed E-state index contributed by atoms with van der Waals surface area (Å²) >= 11 is 0. The van der Waals surface area contributed by atoms with Crippen molar-refractivity contribution >= 4 is 16.0 Å². The van der Waals surface area contributed by atoms with Crippen molar-refractivity contribution in [1.29, 1.82) is 0 Å². The lowest BCUT2D eigenvalue weighted by molar-refractivity contribution is -0.132. The van der Waals surface area contributed by atoms with Crippen LogP contribution in [-0.4, -0.2) is 70.2 Å². The SMILES string of the molecule is CN(C)CC#CCN1CCC(OS(C)(=O)=O)C1=O. The van der Waals surface area contributed by atoms with Gasteiger partial charge in [0.25, 0.3) is 16.0 Å². The predicted molar refractivity (Wildman–Crippen MR) is 67.2 cm³/mol. The Hall–Kier alpha value is -1.10. The Bertz CT molecular complexity index is 461. The molecule has 18 heavy (non-hydrogen) atoms. The average molecular weight is 274 g/mol. The van der Waals surface area contributed by atoms with E-state index in [-0.39, 0.29) is 5.91 Å². The van der Waals surface area contributed by atoms with Gasteiger partial charge in [0.05, 0.1) is 19.3 Å². The first kappa shape index (κ1) is 15.0. The van der Waals surface area contributed by atoms with E-state index in [1.54, 1.807) is 0 Å². The molecule has 0 aromatic carbocycles. The van der Waals surface area contributed by atoms with E-state index in [1.807, 2.05) is 19.0 Å². The third kappa shape index (κ3) is 5.04. The number of hydrogen-bond donors (Lipinski definition) is 0. The Morgan fingerprint density at radius 1 is 1.44 bits per heavy atom. The molecule has 7 heteroatoms. The van der Waals surface area contributed by atoms with Crippen molar-refractivity contribution in [3.05, 3.63) is 0 Å². The molecule has 6 nitrogen and oxygen atoms in total. The summed E-state index contributed by atoms with van der Waals surface area (Å²) in [5.74, 6) is 5.49. The first-order valence-electron chi connectivity index (χ1n) is 5.57. The van der Waals surface area contributed by atoms with E-state index in [0.717, 1.165) is 6.26 Å². The highest BCUT2D eigenvalue weighted by molar-refractivity contribution is 7.86. The fraction of sp³-hybridized carbons (Fsp3) is 0.727. The van der Waals surface area contributed by atoms with Crippen LogP contribution in [0.4, 0.5) is 0 Å². The molecule has 0 aromatic rings. The van der Waals surface area contributed by atoms with Crippen molar-refractivity contribution in [2.45, 2.75) is 12.5 Å². The summed E-state index contributed by atoms with van der Waals surface area (Å²) in [6.07, 6.45) is 0.455. The van der Waals surface area contributed by atoms with Crippen LogP contribution in [0.15, 0.2) is 0 Å². The largest absolute Gasteiger partial charge is 0.329 e. The maximum atomic E-state index is 11.8. The highest BCUT2D eigenvalue weighted by Gasteiger charge is 2.34. The van der Waals surface area contributed by atoms with Gasteiger partial charge in [-0.05, 0) is 14.1 Å². The molecule has 1 aliphatic heterocycles. The topological polar surface area (TPSA) is 66.9 Å². The quantitative estimate of drug-likeness (QED) is 0.492. The summed E-state index contributed by atoms with van der Waals surface area (Å²) in [5.41, 5.74) is 0. The molecule has 0 bridgehead atoms. The summed E-state index contributed by atoms with van der Waals surface area (Å²) in [5, 5.41) is 0. The van der Waals surface area contributed by atoms with E-state index in [9.17, 15) is 13.2 Å². The predicted octanol–water partition coefficient (Wildman–Crippen LogP) is -0.871. The van der Waals surface area contributed by atoms with Crippen LogP contribution in [0.5, 0.6) is 0 Å². The summed E-state index contributed by atoms with van der Waals surface area (Å²) in [7, 11) is 0.226. The molecule has 0 saturated carbocycles. The second kappa shape index (κ2) is 6.18. The lowest BCUT2D eigenvalue weighted by Crippen LogP contribution is -2.32. The molecule has 1 atom stereocenters. The molecule has 0 aromatic heterocycles. The fourth-order valence-corrected chi connectivity index (χ4v) is 2.13. The maximum absolute atomic E-state index is 11.8. The van der Waals surface area contributed by atoms with Crippen LogP contribution in [0.1, 0.15) is 6.42 Å². The van der Waals surface area contributed by atoms with Gasteiger partial charge in [-0.1, -0.05) is 11.8 Å². The van der Waals surface area contributed by atoms with E-state index in [2.05, 4.69) is 11.8 Å². The average Bonchev–Trinajstić information content (AvgIpc) is 2.53. The molecule has 1 amide bonds. The Kier molecular flexibility index (Phi) is 5.14. The van der Waals surface area contributed by atoms with Gasteiger partial charge < -0.3 is 4.90 Å². The van der Waals surface area contributed by atoms with Crippen molar-refractivity contribution in [1.82, 2.24) is 9.80 Å². The van der Waals surface area contributed by atoms with E-state index < -0.39 is 16.2 Å². The van der Waals surface area contributed by atoms with Crippen LogP contribution in [-0.2, 0) is 19.1 Å². The minimum atomic E-state index is -3.59. The third-order valence-electron chi connectivity index (χ3n) is 2.33. The van der Waals surface area contributed by atoms with Crippen LogP contribution in [0.2, 0.25) is 0 Å². The van der Waals surface area contributed by atoms with Gasteiger partial charge in [-0.2, -0.15) is 8.42 Å². The number of likely N-dealkylation sites (tertiary alicyclic amines) is 1. The molecular weight excluding hydrogens is 256 g/mol. The Labute approximate surface area is 108 Å². The molecule has 1 aliphatic rings. The number of nitrogens with zero attached hydrogens (tertiary/aromatic N) is 2. The lowest BCUT2D eigenvalue weighted by Gasteiger charge is -2.12. The highest BCUT2D eigenvalue weighted by Crippen LogP contribution is 2.15. The molecule has 1 unspecified atom stereocenters. The van der Waals surface area contributed by atoms with Crippen LogP contribution < -0.4 is 0 Å². The standard InChI is InChI=1S/C11H18N2O4S/c1-12(2)7-4-5-8-13-9-6-10(11(13)14)17-18(3,15)16/h10H,6-9H2,1-3H3. The van der Waals surface area contributed by atoms with E-state index in [1.165, 1.54) is 4.90 Å². The number of hydrogen-bond acceptors (Lipinski definition) is 5. The zero-order valence-electron chi connectivity index (χ0n) is 10.8. The van der Waals surface area contributed by atoms with Gasteiger partial charge in [-0.25, -0.2) is 0 Å². The first-order valence-corrected chi connectivity index (χ1v) is 7.39. The van der Waals surface area contributed by atoms with E-state index in [4.69, 9.17) is 4.18 Å². The van der Waals surface area contributed by atoms with Gasteiger partial charge in [0.1, 0.15) is 0 Å². The Morgan fingerprint density at radius 2 is 2.11 bits per heavy atom. The summed E-state index contributed by atoms with van der Waals surface area (Å²) in [6.45, 7) is 1.43. The van der Waals surface area contributed by atoms with Crippen molar-refractivity contribution in [3.8, 4) is 11.8 Å². The minimum Gasteiger partial charge on any atom is -0.329 e. The van der Waals surface area contributed by atoms with Crippen molar-refractivity contribution in [2.24, 2.45) is 0 Å². The molecule has 0 spiro atoms. The van der Waals surface area contributed by atoms with Crippen LogP contribution in [0, 0.1) is 11.8 Å². The zero-order chi connectivity index (χ0) is 13.8. The maximum Gasteiger partial charge on any atom is 0.265 e. The van der Waals surface area contributed by atoms with Gasteiger partial charge in [0.15, 0.2) is 6.10 Å². The number of amides is 1. The van der Waals surface area contributed by atoms with Gasteiger partial charge in [-0.3, -0.25) is 13.9 Å². The summed E-state index contributed by atoms with van der Waals surface area (Å²) < 4.78 is 26.6. The second-order valence-electron chi connectivity index (χ2n) is 4.43. The van der Waals surface area contributed by atoms with Crippen molar-refractivity contribution in [3.63, 3.8) is 0 Å². The monoisotopic (exact) mass is 274 g/mol. The smallest absolute Gasteiger partial charge is 0.265 e. The van der Waals surface area contributed by atoms with Gasteiger partial charge >= 0.3 is 0 Å². The van der Waals surface area contributed by atoms with E-state index in [0.29, 0.717) is 26.1 Å². The molecule has 1 heterocycles. The number of rotatable bonds is 4. The minimum absolute atomic E-state index is 0.306. The first-order chi connectivity index (χ1) is 8.29. The third-order valence-corrected chi connectivity index (χ3v) is 2.91. The molecule has 1 fully saturated rings. The highest BCUT2D eigenvalue weighted by atomic mass is 32.2. The number of carbonyl (C=O) groups is 1. The normalized spacial score (nSPS) is 20.1. The second-order valence-corrected chi connectivity index (χ2v) is 6.03. The number of carbonyl (C=O) groups excluding carboxylic acids is 1. The molecule has 0 aliphatic carbocycles. The molecule has 1 saturated heterocycles. The van der Waals surface area contributed by atoms with Crippen molar-refractivity contribution < 1.29 is 17.4 Å². The van der Waals surface area contributed by atoms with Crippen LogP contribution in [0.25, 0.3) is 0 Å². The fourth-order valence-electron chi connectivity index (χ4n) is 1.53. The van der Waals surface area contributed by atoms with Crippen LogP contribution >= 0.6 is 0 Å². The Morgan fingerprint density at radius 3 is 2.67 bits per heavy atom. The van der Waals surface area contributed by atoms with Crippen molar-refractivity contribution in [2.75, 3.05) is 40.0 Å². The Balaban J connectivity index is 2.47. The summed E-state index contributed by atoms with van der Waals surface area (Å²) in [6, 6.07) is 0. The van der Waals surface area contributed by atoms with Gasteiger partial charge in [-0.15, -0.1) is 0 Å². The van der Waals surface area contributed by atoms with Crippen LogP contribution in [0.3, 0.4) is 0 Å². The molecule has 0 N–H and O–H groups in total. The van der Waals surface area contributed by atoms with E-state index >= 15 is 0 Å². The lowest BCUT2D eigenvalue weighted by atomic mass is 10.3. The molecule has 102 valence electrons.